The Labute approximate surface area is 94.7 Å². The highest BCUT2D eigenvalue weighted by molar-refractivity contribution is 7.15. The van der Waals surface area contributed by atoms with E-state index in [2.05, 4.69) is 9.88 Å². The van der Waals surface area contributed by atoms with Gasteiger partial charge in [-0.25, -0.2) is 4.98 Å². The van der Waals surface area contributed by atoms with Crippen LogP contribution in [0.3, 0.4) is 0 Å². The van der Waals surface area contributed by atoms with Gasteiger partial charge in [0.05, 0.1) is 0 Å². The van der Waals surface area contributed by atoms with E-state index in [1.54, 1.807) is 11.3 Å². The van der Waals surface area contributed by atoms with Gasteiger partial charge in [0.1, 0.15) is 0 Å². The van der Waals surface area contributed by atoms with Crippen LogP contribution < -0.4 is 10.6 Å². The van der Waals surface area contributed by atoms with Crippen molar-refractivity contribution in [3.8, 4) is 0 Å². The summed E-state index contributed by atoms with van der Waals surface area (Å²) >= 11 is 1.76. The Kier molecular flexibility index (Phi) is 3.23. The van der Waals surface area contributed by atoms with E-state index in [-0.39, 0.29) is 0 Å². The molecule has 1 aliphatic heterocycles. The van der Waals surface area contributed by atoms with Gasteiger partial charge in [0, 0.05) is 50.8 Å². The van der Waals surface area contributed by atoms with E-state index in [1.165, 1.54) is 4.88 Å². The summed E-state index contributed by atoms with van der Waals surface area (Å²) < 4.78 is 0. The zero-order chi connectivity index (χ0) is 10.8. The number of hydrogen-bond acceptors (Lipinski definition) is 5. The SMILES string of the molecule is CN(C)c1ncc(CN2CC[C@@H](N)C2)s1. The third kappa shape index (κ3) is 2.68. The molecule has 0 aliphatic carbocycles. The summed E-state index contributed by atoms with van der Waals surface area (Å²) in [4.78, 5) is 10.1. The Morgan fingerprint density at radius 3 is 3.00 bits per heavy atom. The molecule has 1 fully saturated rings. The van der Waals surface area contributed by atoms with Gasteiger partial charge in [0.2, 0.25) is 0 Å². The van der Waals surface area contributed by atoms with Crippen LogP contribution in [0.1, 0.15) is 11.3 Å². The molecule has 4 nitrogen and oxygen atoms in total. The monoisotopic (exact) mass is 226 g/mol. The number of likely N-dealkylation sites (tertiary alicyclic amines) is 1. The molecule has 84 valence electrons. The average Bonchev–Trinajstić information content (AvgIpc) is 2.76. The van der Waals surface area contributed by atoms with Crippen molar-refractivity contribution in [2.45, 2.75) is 19.0 Å². The number of nitrogens with two attached hydrogens (primary N) is 1. The minimum absolute atomic E-state index is 0.367. The van der Waals surface area contributed by atoms with Crippen molar-refractivity contribution >= 4 is 16.5 Å². The molecule has 1 aromatic heterocycles. The second kappa shape index (κ2) is 4.47. The molecule has 0 amide bonds. The van der Waals surface area contributed by atoms with Gasteiger partial charge in [0.25, 0.3) is 0 Å². The normalized spacial score (nSPS) is 22.2. The molecular weight excluding hydrogens is 208 g/mol. The number of anilines is 1. The minimum Gasteiger partial charge on any atom is -0.354 e. The Morgan fingerprint density at radius 2 is 2.47 bits per heavy atom. The summed E-state index contributed by atoms with van der Waals surface area (Å²) in [7, 11) is 4.04. The van der Waals surface area contributed by atoms with Gasteiger partial charge in [-0.2, -0.15) is 0 Å². The summed E-state index contributed by atoms with van der Waals surface area (Å²) in [5, 5.41) is 1.08. The highest BCUT2D eigenvalue weighted by Crippen LogP contribution is 2.22. The van der Waals surface area contributed by atoms with E-state index >= 15 is 0 Å². The first kappa shape index (κ1) is 10.9. The van der Waals surface area contributed by atoms with Gasteiger partial charge >= 0.3 is 0 Å². The van der Waals surface area contributed by atoms with Gasteiger partial charge in [-0.05, 0) is 6.42 Å². The first-order valence-corrected chi connectivity index (χ1v) is 6.07. The smallest absolute Gasteiger partial charge is 0.185 e. The zero-order valence-corrected chi connectivity index (χ0v) is 10.1. The van der Waals surface area contributed by atoms with Crippen LogP contribution in [0, 0.1) is 0 Å². The van der Waals surface area contributed by atoms with E-state index < -0.39 is 0 Å². The Balaban J connectivity index is 1.93. The predicted molar refractivity (Wildman–Crippen MR) is 64.3 cm³/mol. The maximum atomic E-state index is 5.87. The van der Waals surface area contributed by atoms with Crippen LogP contribution in [0.2, 0.25) is 0 Å². The standard InChI is InChI=1S/C10H18N4S/c1-13(2)10-12-5-9(15-10)7-14-4-3-8(11)6-14/h5,8H,3-4,6-7,11H2,1-2H3/t8-/m1/s1. The van der Waals surface area contributed by atoms with Crippen LogP contribution in [0.5, 0.6) is 0 Å². The molecule has 0 unspecified atom stereocenters. The van der Waals surface area contributed by atoms with Crippen LogP contribution in [-0.4, -0.2) is 43.1 Å². The number of hydrogen-bond donors (Lipinski definition) is 1. The molecule has 2 heterocycles. The maximum absolute atomic E-state index is 5.87. The van der Waals surface area contributed by atoms with Crippen molar-refractivity contribution in [3.05, 3.63) is 11.1 Å². The second-order valence-electron chi connectivity index (χ2n) is 4.29. The third-order valence-corrected chi connectivity index (χ3v) is 3.76. The molecule has 2 rings (SSSR count). The van der Waals surface area contributed by atoms with E-state index in [1.807, 2.05) is 25.2 Å². The largest absolute Gasteiger partial charge is 0.354 e. The van der Waals surface area contributed by atoms with Crippen LogP contribution in [0.4, 0.5) is 5.13 Å². The minimum atomic E-state index is 0.367. The van der Waals surface area contributed by atoms with E-state index in [4.69, 9.17) is 5.73 Å². The molecule has 1 aromatic rings. The van der Waals surface area contributed by atoms with Crippen molar-refractivity contribution in [2.24, 2.45) is 5.73 Å². The number of thiazole rings is 1. The summed E-state index contributed by atoms with van der Waals surface area (Å²) in [6, 6.07) is 0.367. The molecule has 0 bridgehead atoms. The molecular formula is C10H18N4S. The van der Waals surface area contributed by atoms with Gasteiger partial charge in [-0.15, -0.1) is 11.3 Å². The molecule has 15 heavy (non-hydrogen) atoms. The summed E-state index contributed by atoms with van der Waals surface area (Å²) in [5.74, 6) is 0. The summed E-state index contributed by atoms with van der Waals surface area (Å²) in [6.45, 7) is 3.14. The van der Waals surface area contributed by atoms with Crippen LogP contribution >= 0.6 is 11.3 Å². The second-order valence-corrected chi connectivity index (χ2v) is 5.38. The molecule has 0 radical (unpaired) electrons. The summed E-state index contributed by atoms with van der Waals surface area (Å²) in [6.07, 6.45) is 3.10. The number of aromatic nitrogens is 1. The molecule has 0 aromatic carbocycles. The molecule has 1 atom stereocenters. The first-order valence-electron chi connectivity index (χ1n) is 5.25. The molecule has 0 saturated carbocycles. The van der Waals surface area contributed by atoms with Crippen LogP contribution in [0.25, 0.3) is 0 Å². The first-order chi connectivity index (χ1) is 7.15. The van der Waals surface area contributed by atoms with Gasteiger partial charge in [0.15, 0.2) is 5.13 Å². The van der Waals surface area contributed by atoms with Crippen LogP contribution in [0.15, 0.2) is 6.20 Å². The van der Waals surface area contributed by atoms with Crippen molar-refractivity contribution in [1.29, 1.82) is 0 Å². The Morgan fingerprint density at radius 1 is 1.67 bits per heavy atom. The fraction of sp³-hybridized carbons (Fsp3) is 0.700. The lowest BCUT2D eigenvalue weighted by Crippen LogP contribution is -2.25. The molecule has 5 heteroatoms. The highest BCUT2D eigenvalue weighted by Gasteiger charge is 2.19. The average molecular weight is 226 g/mol. The van der Waals surface area contributed by atoms with Crippen molar-refractivity contribution in [2.75, 3.05) is 32.1 Å². The number of nitrogens with zero attached hydrogens (tertiary/aromatic N) is 3. The quantitative estimate of drug-likeness (QED) is 0.826. The molecule has 0 spiro atoms. The number of rotatable bonds is 3. The third-order valence-electron chi connectivity index (χ3n) is 2.61. The van der Waals surface area contributed by atoms with E-state index in [0.29, 0.717) is 6.04 Å². The molecule has 1 saturated heterocycles. The highest BCUT2D eigenvalue weighted by atomic mass is 32.1. The fourth-order valence-corrected chi connectivity index (χ4v) is 2.68. The lowest BCUT2D eigenvalue weighted by atomic mass is 10.3. The predicted octanol–water partition coefficient (Wildman–Crippen LogP) is 0.742. The van der Waals surface area contributed by atoms with Crippen molar-refractivity contribution in [3.63, 3.8) is 0 Å². The maximum Gasteiger partial charge on any atom is 0.185 e. The van der Waals surface area contributed by atoms with E-state index in [0.717, 1.165) is 31.2 Å². The van der Waals surface area contributed by atoms with Crippen LogP contribution in [-0.2, 0) is 6.54 Å². The van der Waals surface area contributed by atoms with Crippen molar-refractivity contribution < 1.29 is 0 Å². The summed E-state index contributed by atoms with van der Waals surface area (Å²) in [5.41, 5.74) is 5.87. The van der Waals surface area contributed by atoms with Gasteiger partial charge < -0.3 is 10.6 Å². The topological polar surface area (TPSA) is 45.4 Å². The Bertz CT molecular complexity index is 323. The van der Waals surface area contributed by atoms with Gasteiger partial charge in [-0.3, -0.25) is 4.90 Å². The zero-order valence-electron chi connectivity index (χ0n) is 9.31. The molecule has 1 aliphatic rings. The Hall–Kier alpha value is -0.650. The lowest BCUT2D eigenvalue weighted by molar-refractivity contribution is 0.329. The van der Waals surface area contributed by atoms with Crippen molar-refractivity contribution in [1.82, 2.24) is 9.88 Å². The molecule has 2 N–H and O–H groups in total. The van der Waals surface area contributed by atoms with E-state index in [9.17, 15) is 0 Å². The van der Waals surface area contributed by atoms with Gasteiger partial charge in [-0.1, -0.05) is 0 Å². The lowest BCUT2D eigenvalue weighted by Gasteiger charge is -2.13. The fourth-order valence-electron chi connectivity index (χ4n) is 1.80.